The van der Waals surface area contributed by atoms with Crippen LogP contribution in [-0.2, 0) is 0 Å². The van der Waals surface area contributed by atoms with Crippen LogP contribution in [0.25, 0.3) is 11.6 Å². The highest BCUT2D eigenvalue weighted by atomic mass is 35.5. The van der Waals surface area contributed by atoms with Crippen molar-refractivity contribution in [2.45, 2.75) is 13.0 Å². The van der Waals surface area contributed by atoms with Crippen molar-refractivity contribution in [3.63, 3.8) is 0 Å². The highest BCUT2D eigenvalue weighted by Gasteiger charge is 2.23. The SMILES string of the molecule is Cc1c(Cl)ccc2c1N=CC2=Cc1[nH]c(=O)n(C(CO)c2ccc(Cl)cc2)c1O. The summed E-state index contributed by atoms with van der Waals surface area (Å²) in [5.41, 5.74) is 3.55. The molecule has 0 spiro atoms. The summed E-state index contributed by atoms with van der Waals surface area (Å²) in [4.78, 5) is 19.6. The average Bonchev–Trinajstić information content (AvgIpc) is 3.23. The normalized spacial score (nSPS) is 15.1. The van der Waals surface area contributed by atoms with Crippen molar-refractivity contribution in [3.8, 4) is 5.88 Å². The molecule has 0 radical (unpaired) electrons. The van der Waals surface area contributed by atoms with Crippen molar-refractivity contribution < 1.29 is 10.2 Å². The lowest BCUT2D eigenvalue weighted by Gasteiger charge is -2.16. The van der Waals surface area contributed by atoms with Gasteiger partial charge in [0.05, 0.1) is 18.3 Å². The number of hydrogen-bond acceptors (Lipinski definition) is 4. The van der Waals surface area contributed by atoms with E-state index in [2.05, 4.69) is 9.98 Å². The van der Waals surface area contributed by atoms with Crippen LogP contribution in [0.4, 0.5) is 5.69 Å². The van der Waals surface area contributed by atoms with E-state index in [1.165, 1.54) is 0 Å². The number of rotatable bonds is 4. The van der Waals surface area contributed by atoms with Crippen molar-refractivity contribution in [2.75, 3.05) is 6.61 Å². The van der Waals surface area contributed by atoms with Gasteiger partial charge in [-0.1, -0.05) is 41.4 Å². The number of hydrogen-bond donors (Lipinski definition) is 3. The maximum atomic E-state index is 12.5. The van der Waals surface area contributed by atoms with Gasteiger partial charge in [0.25, 0.3) is 0 Å². The second kappa shape index (κ2) is 7.55. The monoisotopic (exact) mass is 429 g/mol. The van der Waals surface area contributed by atoms with E-state index in [0.717, 1.165) is 27.0 Å². The van der Waals surface area contributed by atoms with E-state index < -0.39 is 11.7 Å². The van der Waals surface area contributed by atoms with Crippen LogP contribution in [0.3, 0.4) is 0 Å². The van der Waals surface area contributed by atoms with E-state index in [0.29, 0.717) is 15.6 Å². The number of aliphatic hydroxyl groups is 1. The molecule has 1 aliphatic rings. The Morgan fingerprint density at radius 3 is 2.62 bits per heavy atom. The van der Waals surface area contributed by atoms with Crippen LogP contribution in [0.1, 0.15) is 28.4 Å². The lowest BCUT2D eigenvalue weighted by molar-refractivity contribution is 0.237. The molecule has 0 fully saturated rings. The molecule has 0 saturated heterocycles. The minimum Gasteiger partial charge on any atom is -0.493 e. The predicted molar refractivity (Wildman–Crippen MR) is 116 cm³/mol. The van der Waals surface area contributed by atoms with Gasteiger partial charge < -0.3 is 15.2 Å². The summed E-state index contributed by atoms with van der Waals surface area (Å²) in [6.07, 6.45) is 3.30. The zero-order valence-corrected chi connectivity index (χ0v) is 16.9. The zero-order chi connectivity index (χ0) is 20.7. The molecule has 1 unspecified atom stereocenters. The fraction of sp³-hybridized carbons (Fsp3) is 0.143. The third-order valence-corrected chi connectivity index (χ3v) is 5.64. The van der Waals surface area contributed by atoms with Gasteiger partial charge in [0.15, 0.2) is 0 Å². The molecule has 148 valence electrons. The number of nitrogens with zero attached hydrogens (tertiary/aromatic N) is 2. The predicted octanol–water partition coefficient (Wildman–Crippen LogP) is 4.34. The molecule has 2 heterocycles. The number of allylic oxidation sites excluding steroid dienone is 1. The Balaban J connectivity index is 1.77. The lowest BCUT2D eigenvalue weighted by Crippen LogP contribution is -2.25. The molecule has 4 rings (SSSR count). The number of nitrogens with one attached hydrogen (secondary N) is 1. The van der Waals surface area contributed by atoms with Crippen LogP contribution in [0.5, 0.6) is 5.88 Å². The van der Waals surface area contributed by atoms with E-state index >= 15 is 0 Å². The lowest BCUT2D eigenvalue weighted by atomic mass is 10.0. The molecule has 29 heavy (non-hydrogen) atoms. The molecule has 3 aromatic rings. The van der Waals surface area contributed by atoms with Crippen molar-refractivity contribution in [3.05, 3.63) is 79.3 Å². The molecule has 0 bridgehead atoms. The van der Waals surface area contributed by atoms with Crippen molar-refractivity contribution in [1.29, 1.82) is 0 Å². The molecule has 0 saturated carbocycles. The summed E-state index contributed by atoms with van der Waals surface area (Å²) < 4.78 is 1.12. The molecule has 1 atom stereocenters. The minimum absolute atomic E-state index is 0.226. The highest BCUT2D eigenvalue weighted by Crippen LogP contribution is 2.39. The van der Waals surface area contributed by atoms with Crippen LogP contribution in [0, 0.1) is 6.92 Å². The van der Waals surface area contributed by atoms with Gasteiger partial charge in [0, 0.05) is 27.4 Å². The van der Waals surface area contributed by atoms with Crippen LogP contribution in [-0.4, -0.2) is 32.6 Å². The van der Waals surface area contributed by atoms with E-state index in [-0.39, 0.29) is 18.2 Å². The fourth-order valence-electron chi connectivity index (χ4n) is 3.42. The number of aromatic amines is 1. The van der Waals surface area contributed by atoms with Crippen LogP contribution >= 0.6 is 23.2 Å². The van der Waals surface area contributed by atoms with Crippen molar-refractivity contribution in [2.24, 2.45) is 4.99 Å². The van der Waals surface area contributed by atoms with Gasteiger partial charge in [0.1, 0.15) is 5.69 Å². The Morgan fingerprint density at radius 1 is 1.21 bits per heavy atom. The molecule has 8 heteroatoms. The summed E-state index contributed by atoms with van der Waals surface area (Å²) in [5, 5.41) is 21.7. The Bertz CT molecular complexity index is 1210. The van der Waals surface area contributed by atoms with Gasteiger partial charge in [-0.2, -0.15) is 0 Å². The fourth-order valence-corrected chi connectivity index (χ4v) is 3.70. The largest absolute Gasteiger partial charge is 0.493 e. The Morgan fingerprint density at radius 2 is 1.93 bits per heavy atom. The molecule has 2 aromatic carbocycles. The summed E-state index contributed by atoms with van der Waals surface area (Å²) in [5.74, 6) is -0.274. The van der Waals surface area contributed by atoms with Crippen LogP contribution in [0.2, 0.25) is 10.0 Å². The zero-order valence-electron chi connectivity index (χ0n) is 15.4. The quantitative estimate of drug-likeness (QED) is 0.575. The maximum Gasteiger partial charge on any atom is 0.329 e. The number of fused-ring (bicyclic) bond motifs is 1. The first kappa shape index (κ1) is 19.5. The second-order valence-corrected chi connectivity index (χ2v) is 7.56. The number of aromatic nitrogens is 2. The van der Waals surface area contributed by atoms with Crippen LogP contribution in [0.15, 0.2) is 46.2 Å². The van der Waals surface area contributed by atoms with E-state index in [4.69, 9.17) is 23.2 Å². The van der Waals surface area contributed by atoms with Gasteiger partial charge in [-0.15, -0.1) is 0 Å². The summed E-state index contributed by atoms with van der Waals surface area (Å²) >= 11 is 12.1. The van der Waals surface area contributed by atoms with Gasteiger partial charge in [-0.25, -0.2) is 4.79 Å². The van der Waals surface area contributed by atoms with Gasteiger partial charge >= 0.3 is 5.69 Å². The van der Waals surface area contributed by atoms with Crippen LogP contribution < -0.4 is 5.69 Å². The molecular weight excluding hydrogens is 413 g/mol. The number of halogens is 2. The standard InChI is InChI=1S/C21H17Cl2N3O3/c1-11-16(23)7-6-15-13(9-24-19(11)15)8-17-20(28)26(21(29)25-17)18(10-27)12-2-4-14(22)5-3-12/h2-9,18,27-28H,10H2,1H3,(H,25,29). The first-order valence-corrected chi connectivity index (χ1v) is 9.61. The first-order valence-electron chi connectivity index (χ1n) is 8.85. The molecule has 0 amide bonds. The number of aliphatic hydroxyl groups excluding tert-OH is 1. The molecule has 0 aliphatic carbocycles. The summed E-state index contributed by atoms with van der Waals surface area (Å²) in [7, 11) is 0. The highest BCUT2D eigenvalue weighted by molar-refractivity contribution is 6.32. The summed E-state index contributed by atoms with van der Waals surface area (Å²) in [6, 6.07) is 9.61. The van der Waals surface area contributed by atoms with Gasteiger partial charge in [-0.3, -0.25) is 9.56 Å². The number of aliphatic imine (C=N–C) groups is 1. The molecular formula is C21H17Cl2N3O3. The van der Waals surface area contributed by atoms with E-state index in [9.17, 15) is 15.0 Å². The number of H-pyrrole nitrogens is 1. The smallest absolute Gasteiger partial charge is 0.329 e. The Labute approximate surface area is 176 Å². The molecule has 6 nitrogen and oxygen atoms in total. The van der Waals surface area contributed by atoms with E-state index in [1.807, 2.05) is 13.0 Å². The summed E-state index contributed by atoms with van der Waals surface area (Å²) in [6.45, 7) is 1.51. The van der Waals surface area contributed by atoms with Gasteiger partial charge in [-0.05, 0) is 42.3 Å². The number of aromatic hydroxyl groups is 1. The first-order chi connectivity index (χ1) is 13.9. The van der Waals surface area contributed by atoms with E-state index in [1.54, 1.807) is 42.6 Å². The third kappa shape index (κ3) is 3.40. The number of benzene rings is 2. The topological polar surface area (TPSA) is 90.6 Å². The maximum absolute atomic E-state index is 12.5. The average molecular weight is 430 g/mol. The Hall–Kier alpha value is -2.80. The van der Waals surface area contributed by atoms with Crippen molar-refractivity contribution >= 4 is 46.8 Å². The second-order valence-electron chi connectivity index (χ2n) is 6.71. The third-order valence-electron chi connectivity index (χ3n) is 4.98. The van der Waals surface area contributed by atoms with Crippen molar-refractivity contribution in [1.82, 2.24) is 9.55 Å². The Kier molecular flexibility index (Phi) is 5.08. The molecule has 3 N–H and O–H groups in total. The minimum atomic E-state index is -0.756. The molecule has 1 aliphatic heterocycles. The molecule has 1 aromatic heterocycles. The van der Waals surface area contributed by atoms with Gasteiger partial charge in [0.2, 0.25) is 5.88 Å². The number of imidazole rings is 1.